The first kappa shape index (κ1) is 14.2. The molecule has 0 spiro atoms. The summed E-state index contributed by atoms with van der Waals surface area (Å²) in [7, 11) is 0. The Morgan fingerprint density at radius 3 is 2.05 bits per heavy atom. The fraction of sp³-hybridized carbons (Fsp3) is 0.400. The van der Waals surface area contributed by atoms with Gasteiger partial charge in [0.1, 0.15) is 6.04 Å². The molecule has 1 aliphatic rings. The molecule has 1 atom stereocenters. The lowest BCUT2D eigenvalue weighted by Crippen LogP contribution is -2.48. The minimum atomic E-state index is -0.804. The van der Waals surface area contributed by atoms with Crippen molar-refractivity contribution in [2.24, 2.45) is 5.92 Å². The van der Waals surface area contributed by atoms with E-state index in [1.165, 1.54) is 0 Å². The second kappa shape index (κ2) is 5.45. The number of hydrogen-bond donors (Lipinski definition) is 1. The molecule has 1 N–H and O–H groups in total. The molecule has 0 aromatic heterocycles. The summed E-state index contributed by atoms with van der Waals surface area (Å²) < 4.78 is 0. The van der Waals surface area contributed by atoms with Gasteiger partial charge in [0.05, 0.1) is 11.1 Å². The van der Waals surface area contributed by atoms with Crippen molar-refractivity contribution in [3.8, 4) is 0 Å². The van der Waals surface area contributed by atoms with E-state index in [0.717, 1.165) is 4.90 Å². The number of rotatable bonds is 4. The summed E-state index contributed by atoms with van der Waals surface area (Å²) in [4.78, 5) is 37.5. The Balaban J connectivity index is 2.17. The van der Waals surface area contributed by atoms with Crippen LogP contribution in [0.25, 0.3) is 0 Å². The number of benzene rings is 1. The molecule has 0 saturated carbocycles. The van der Waals surface area contributed by atoms with E-state index in [1.54, 1.807) is 31.2 Å². The third-order valence-electron chi connectivity index (χ3n) is 3.28. The lowest BCUT2D eigenvalue weighted by atomic mass is 10.1. The summed E-state index contributed by atoms with van der Waals surface area (Å²) in [5.74, 6) is -0.808. The van der Waals surface area contributed by atoms with Crippen molar-refractivity contribution >= 4 is 17.7 Å². The molecule has 106 valence electrons. The highest BCUT2D eigenvalue weighted by Gasteiger charge is 2.40. The van der Waals surface area contributed by atoms with E-state index in [9.17, 15) is 14.4 Å². The zero-order valence-electron chi connectivity index (χ0n) is 11.8. The van der Waals surface area contributed by atoms with Crippen molar-refractivity contribution in [1.29, 1.82) is 0 Å². The van der Waals surface area contributed by atoms with Gasteiger partial charge in [-0.3, -0.25) is 19.3 Å². The highest BCUT2D eigenvalue weighted by Crippen LogP contribution is 2.24. The lowest BCUT2D eigenvalue weighted by Gasteiger charge is -2.22. The van der Waals surface area contributed by atoms with Crippen LogP contribution in [-0.2, 0) is 4.79 Å². The standard InChI is InChI=1S/C15H18N2O3/c1-9(2)8-16-13(18)10(3)17-14(19)11-6-4-5-7-12(11)15(17)20/h4-7,9-10H,8H2,1-3H3,(H,16,18). The van der Waals surface area contributed by atoms with Gasteiger partial charge in [0.15, 0.2) is 0 Å². The minimum absolute atomic E-state index is 0.312. The van der Waals surface area contributed by atoms with E-state index in [2.05, 4.69) is 5.32 Å². The molecule has 0 radical (unpaired) electrons. The SMILES string of the molecule is CC(C)CNC(=O)C(C)N1C(=O)c2ccccc2C1=O. The highest BCUT2D eigenvalue weighted by atomic mass is 16.2. The second-order valence-corrected chi connectivity index (χ2v) is 5.34. The first-order valence-corrected chi connectivity index (χ1v) is 6.68. The molecule has 20 heavy (non-hydrogen) atoms. The fourth-order valence-electron chi connectivity index (χ4n) is 2.13. The maximum Gasteiger partial charge on any atom is 0.262 e. The number of carbonyl (C=O) groups excluding carboxylic acids is 3. The van der Waals surface area contributed by atoms with E-state index in [4.69, 9.17) is 0 Å². The van der Waals surface area contributed by atoms with Gasteiger partial charge in [0, 0.05) is 6.54 Å². The van der Waals surface area contributed by atoms with Gasteiger partial charge in [0.2, 0.25) is 5.91 Å². The Morgan fingerprint density at radius 2 is 1.60 bits per heavy atom. The van der Waals surface area contributed by atoms with E-state index >= 15 is 0 Å². The summed E-state index contributed by atoms with van der Waals surface area (Å²) in [5, 5.41) is 2.74. The molecule has 1 heterocycles. The summed E-state index contributed by atoms with van der Waals surface area (Å²) >= 11 is 0. The number of nitrogens with one attached hydrogen (secondary N) is 1. The summed E-state index contributed by atoms with van der Waals surface area (Å²) in [5.41, 5.74) is 0.724. The van der Waals surface area contributed by atoms with Gasteiger partial charge >= 0.3 is 0 Å². The summed E-state index contributed by atoms with van der Waals surface area (Å²) in [6.07, 6.45) is 0. The second-order valence-electron chi connectivity index (χ2n) is 5.34. The van der Waals surface area contributed by atoms with Crippen LogP contribution in [0.4, 0.5) is 0 Å². The first-order valence-electron chi connectivity index (χ1n) is 6.68. The maximum absolute atomic E-state index is 12.2. The monoisotopic (exact) mass is 274 g/mol. The molecular formula is C15H18N2O3. The third-order valence-corrected chi connectivity index (χ3v) is 3.28. The topological polar surface area (TPSA) is 66.5 Å². The Kier molecular flexibility index (Phi) is 3.88. The van der Waals surface area contributed by atoms with E-state index in [-0.39, 0.29) is 5.91 Å². The van der Waals surface area contributed by atoms with E-state index in [1.807, 2.05) is 13.8 Å². The molecule has 3 amide bonds. The van der Waals surface area contributed by atoms with Crippen LogP contribution in [0.3, 0.4) is 0 Å². The molecule has 0 fully saturated rings. The minimum Gasteiger partial charge on any atom is -0.354 e. The van der Waals surface area contributed by atoms with Crippen LogP contribution in [0, 0.1) is 5.92 Å². The van der Waals surface area contributed by atoms with Gasteiger partial charge in [-0.05, 0) is 25.0 Å². The van der Waals surface area contributed by atoms with Crippen LogP contribution in [0.2, 0.25) is 0 Å². The number of imide groups is 1. The Labute approximate surface area is 118 Å². The third kappa shape index (κ3) is 2.43. The van der Waals surface area contributed by atoms with Crippen LogP contribution in [0.1, 0.15) is 41.5 Å². The van der Waals surface area contributed by atoms with Crippen LogP contribution in [0.15, 0.2) is 24.3 Å². The van der Waals surface area contributed by atoms with Crippen LogP contribution in [-0.4, -0.2) is 35.2 Å². The van der Waals surface area contributed by atoms with Crippen molar-refractivity contribution in [2.75, 3.05) is 6.54 Å². The van der Waals surface area contributed by atoms with E-state index in [0.29, 0.717) is 23.6 Å². The van der Waals surface area contributed by atoms with E-state index < -0.39 is 17.9 Å². The lowest BCUT2D eigenvalue weighted by molar-refractivity contribution is -0.124. The van der Waals surface area contributed by atoms with Gasteiger partial charge in [-0.15, -0.1) is 0 Å². The molecule has 1 aliphatic heterocycles. The maximum atomic E-state index is 12.2. The van der Waals surface area contributed by atoms with Crippen molar-refractivity contribution < 1.29 is 14.4 Å². The summed E-state index contributed by atoms with van der Waals surface area (Å²) in [6, 6.07) is 5.82. The van der Waals surface area contributed by atoms with Crippen molar-refractivity contribution in [2.45, 2.75) is 26.8 Å². The van der Waals surface area contributed by atoms with Crippen LogP contribution >= 0.6 is 0 Å². The van der Waals surface area contributed by atoms with Gasteiger partial charge in [-0.25, -0.2) is 0 Å². The number of hydrogen-bond acceptors (Lipinski definition) is 3. The molecular weight excluding hydrogens is 256 g/mol. The molecule has 5 heteroatoms. The quantitative estimate of drug-likeness (QED) is 0.845. The van der Waals surface area contributed by atoms with Gasteiger partial charge in [-0.1, -0.05) is 26.0 Å². The predicted octanol–water partition coefficient (Wildman–Crippen LogP) is 1.44. The van der Waals surface area contributed by atoms with Gasteiger partial charge in [0.25, 0.3) is 11.8 Å². The molecule has 1 aromatic carbocycles. The average Bonchev–Trinajstić information content (AvgIpc) is 2.68. The Morgan fingerprint density at radius 1 is 1.10 bits per heavy atom. The molecule has 0 aliphatic carbocycles. The molecule has 5 nitrogen and oxygen atoms in total. The number of nitrogens with zero attached hydrogens (tertiary/aromatic N) is 1. The van der Waals surface area contributed by atoms with Gasteiger partial charge < -0.3 is 5.32 Å². The molecule has 0 bridgehead atoms. The van der Waals surface area contributed by atoms with Gasteiger partial charge in [-0.2, -0.15) is 0 Å². The first-order chi connectivity index (χ1) is 9.43. The van der Waals surface area contributed by atoms with Crippen LogP contribution < -0.4 is 5.32 Å². The van der Waals surface area contributed by atoms with Crippen LogP contribution in [0.5, 0.6) is 0 Å². The Bertz CT molecular complexity index is 531. The number of fused-ring (bicyclic) bond motifs is 1. The largest absolute Gasteiger partial charge is 0.354 e. The molecule has 2 rings (SSSR count). The Hall–Kier alpha value is -2.17. The van der Waals surface area contributed by atoms with Crippen molar-refractivity contribution in [3.05, 3.63) is 35.4 Å². The predicted molar refractivity (Wildman–Crippen MR) is 74.3 cm³/mol. The highest BCUT2D eigenvalue weighted by molar-refractivity contribution is 6.22. The molecule has 1 unspecified atom stereocenters. The molecule has 1 aromatic rings. The smallest absolute Gasteiger partial charge is 0.262 e. The fourth-order valence-corrected chi connectivity index (χ4v) is 2.13. The number of amides is 3. The summed E-state index contributed by atoms with van der Waals surface area (Å²) in [6.45, 7) is 6.05. The normalized spacial score (nSPS) is 15.5. The van der Waals surface area contributed by atoms with Crippen molar-refractivity contribution in [3.63, 3.8) is 0 Å². The zero-order chi connectivity index (χ0) is 14.9. The van der Waals surface area contributed by atoms with Crippen molar-refractivity contribution in [1.82, 2.24) is 10.2 Å². The number of carbonyl (C=O) groups is 3. The average molecular weight is 274 g/mol. The molecule has 0 saturated heterocycles. The zero-order valence-corrected chi connectivity index (χ0v) is 11.8.